The van der Waals surface area contributed by atoms with Gasteiger partial charge >= 0.3 is 0 Å². The molecule has 27 heavy (non-hydrogen) atoms. The second-order valence-electron chi connectivity index (χ2n) is 7.23. The van der Waals surface area contributed by atoms with Crippen molar-refractivity contribution in [1.82, 2.24) is 19.7 Å². The summed E-state index contributed by atoms with van der Waals surface area (Å²) >= 11 is 1.59. The molecule has 140 valence electrons. The molecule has 1 aliphatic carbocycles. The van der Waals surface area contributed by atoms with Crippen LogP contribution in [0.3, 0.4) is 0 Å². The quantitative estimate of drug-likeness (QED) is 0.680. The van der Waals surface area contributed by atoms with Crippen LogP contribution in [0.15, 0.2) is 41.9 Å². The number of nitrogens with zero attached hydrogens (tertiary/aromatic N) is 4. The number of aromatic nitrogens is 3. The van der Waals surface area contributed by atoms with Crippen molar-refractivity contribution < 1.29 is 4.79 Å². The van der Waals surface area contributed by atoms with Crippen molar-refractivity contribution in [3.8, 4) is 0 Å². The summed E-state index contributed by atoms with van der Waals surface area (Å²) in [5.74, 6) is 0.243. The van der Waals surface area contributed by atoms with Crippen LogP contribution in [0.25, 0.3) is 0 Å². The molecule has 1 aliphatic rings. The third-order valence-corrected chi connectivity index (χ3v) is 6.10. The van der Waals surface area contributed by atoms with Crippen LogP contribution in [0.5, 0.6) is 0 Å². The van der Waals surface area contributed by atoms with Gasteiger partial charge in [0.25, 0.3) is 0 Å². The van der Waals surface area contributed by atoms with E-state index in [1.54, 1.807) is 17.5 Å². The van der Waals surface area contributed by atoms with Crippen LogP contribution in [0, 0.1) is 12.8 Å². The van der Waals surface area contributed by atoms with Crippen LogP contribution in [0.1, 0.15) is 33.9 Å². The van der Waals surface area contributed by atoms with Crippen LogP contribution in [-0.2, 0) is 37.8 Å². The van der Waals surface area contributed by atoms with Crippen molar-refractivity contribution in [3.05, 3.63) is 69.4 Å². The lowest BCUT2D eigenvalue weighted by atomic mass is 9.83. The highest BCUT2D eigenvalue weighted by Crippen LogP contribution is 2.28. The van der Waals surface area contributed by atoms with E-state index in [0.717, 1.165) is 35.7 Å². The van der Waals surface area contributed by atoms with E-state index in [2.05, 4.69) is 40.4 Å². The van der Waals surface area contributed by atoms with Gasteiger partial charge in [0.2, 0.25) is 5.91 Å². The smallest absolute Gasteiger partial charge is 0.226 e. The third kappa shape index (κ3) is 3.95. The van der Waals surface area contributed by atoms with Crippen molar-refractivity contribution in [1.29, 1.82) is 0 Å². The minimum atomic E-state index is 0.0321. The Morgan fingerprint density at radius 1 is 1.30 bits per heavy atom. The van der Waals surface area contributed by atoms with Gasteiger partial charge in [-0.2, -0.15) is 5.10 Å². The average molecular weight is 381 g/mol. The maximum absolute atomic E-state index is 13.4. The molecular weight excluding hydrogens is 356 g/mol. The topological polar surface area (TPSA) is 51.0 Å². The molecule has 0 radical (unpaired) electrons. The predicted octanol–water partition coefficient (Wildman–Crippen LogP) is 3.52. The highest BCUT2D eigenvalue weighted by atomic mass is 32.1. The molecular formula is C21H24N4OS. The molecule has 0 aliphatic heterocycles. The zero-order valence-corrected chi connectivity index (χ0v) is 16.6. The molecule has 4 rings (SSSR count). The predicted molar refractivity (Wildman–Crippen MR) is 106 cm³/mol. The van der Waals surface area contributed by atoms with Crippen LogP contribution in [0.2, 0.25) is 0 Å². The summed E-state index contributed by atoms with van der Waals surface area (Å²) in [4.78, 5) is 19.7. The van der Waals surface area contributed by atoms with Gasteiger partial charge in [-0.25, -0.2) is 4.98 Å². The average Bonchev–Trinajstić information content (AvgIpc) is 3.30. The van der Waals surface area contributed by atoms with Crippen LogP contribution >= 0.6 is 11.3 Å². The summed E-state index contributed by atoms with van der Waals surface area (Å²) in [6, 6.07) is 10.5. The van der Waals surface area contributed by atoms with Crippen LogP contribution < -0.4 is 0 Å². The Hall–Kier alpha value is -2.47. The third-order valence-electron chi connectivity index (χ3n) is 5.33. The van der Waals surface area contributed by atoms with Gasteiger partial charge in [-0.05, 0) is 43.4 Å². The molecule has 5 nitrogen and oxygen atoms in total. The summed E-state index contributed by atoms with van der Waals surface area (Å²) in [6.07, 6.45) is 4.50. The van der Waals surface area contributed by atoms with E-state index in [4.69, 9.17) is 0 Å². The number of rotatable bonds is 5. The van der Waals surface area contributed by atoms with Crippen molar-refractivity contribution >= 4 is 17.2 Å². The molecule has 0 N–H and O–H groups in total. The van der Waals surface area contributed by atoms with E-state index in [1.165, 1.54) is 11.1 Å². The van der Waals surface area contributed by atoms with E-state index in [-0.39, 0.29) is 11.8 Å². The lowest BCUT2D eigenvalue weighted by molar-refractivity contribution is -0.137. The summed E-state index contributed by atoms with van der Waals surface area (Å²) < 4.78 is 1.86. The highest BCUT2D eigenvalue weighted by Gasteiger charge is 2.29. The van der Waals surface area contributed by atoms with Crippen LogP contribution in [0.4, 0.5) is 0 Å². The molecule has 1 unspecified atom stereocenters. The number of benzene rings is 1. The molecule has 0 saturated carbocycles. The number of amides is 1. The zero-order chi connectivity index (χ0) is 18.8. The monoisotopic (exact) mass is 380 g/mol. The first-order valence-corrected chi connectivity index (χ1v) is 10.2. The first kappa shape index (κ1) is 17.9. The van der Waals surface area contributed by atoms with E-state index < -0.39 is 0 Å². The van der Waals surface area contributed by atoms with Gasteiger partial charge in [-0.1, -0.05) is 24.3 Å². The molecule has 0 bridgehead atoms. The summed E-state index contributed by atoms with van der Waals surface area (Å²) in [7, 11) is 1.93. The van der Waals surface area contributed by atoms with Gasteiger partial charge < -0.3 is 4.90 Å². The van der Waals surface area contributed by atoms with Gasteiger partial charge in [0, 0.05) is 30.2 Å². The number of carbonyl (C=O) groups excluding carboxylic acids is 1. The molecule has 1 amide bonds. The Balaban J connectivity index is 1.55. The Bertz CT molecular complexity index is 912. The van der Waals surface area contributed by atoms with Crippen molar-refractivity contribution in [2.45, 2.75) is 39.3 Å². The van der Waals surface area contributed by atoms with Crippen molar-refractivity contribution in [3.63, 3.8) is 0 Å². The van der Waals surface area contributed by atoms with Crippen molar-refractivity contribution in [2.75, 3.05) is 0 Å². The number of thiazole rings is 1. The molecule has 2 aromatic heterocycles. The molecule has 1 atom stereocenters. The molecule has 1 aromatic carbocycles. The number of carbonyl (C=O) groups is 1. The first-order valence-electron chi connectivity index (χ1n) is 9.33. The van der Waals surface area contributed by atoms with E-state index >= 15 is 0 Å². The fourth-order valence-corrected chi connectivity index (χ4v) is 4.41. The van der Waals surface area contributed by atoms with E-state index in [0.29, 0.717) is 13.1 Å². The van der Waals surface area contributed by atoms with E-state index in [9.17, 15) is 4.79 Å². The number of aryl methyl sites for hydroxylation is 3. The number of fused-ring (bicyclic) bond motifs is 1. The lowest BCUT2D eigenvalue weighted by Crippen LogP contribution is -2.37. The Morgan fingerprint density at radius 2 is 2.11 bits per heavy atom. The maximum Gasteiger partial charge on any atom is 0.226 e. The SMILES string of the molecule is Cc1cc(CN(Cc2nccs2)C(=O)C2CCc3ccccc3C2)nn1C. The first-order chi connectivity index (χ1) is 13.1. The second kappa shape index (κ2) is 7.64. The molecule has 0 fully saturated rings. The Labute approximate surface area is 163 Å². The molecule has 6 heteroatoms. The summed E-state index contributed by atoms with van der Waals surface area (Å²) in [5.41, 5.74) is 4.72. The molecule has 0 saturated heterocycles. The Kier molecular flexibility index (Phi) is 5.07. The fraction of sp³-hybridized carbons (Fsp3) is 0.381. The van der Waals surface area contributed by atoms with Gasteiger partial charge in [0.05, 0.1) is 18.8 Å². The van der Waals surface area contributed by atoms with Gasteiger partial charge in [-0.3, -0.25) is 9.48 Å². The highest BCUT2D eigenvalue weighted by molar-refractivity contribution is 7.09. The van der Waals surface area contributed by atoms with Gasteiger partial charge in [0.15, 0.2) is 0 Å². The lowest BCUT2D eigenvalue weighted by Gasteiger charge is -2.29. The standard InChI is InChI=1S/C21H24N4OS/c1-15-11-19(23-24(15)2)13-25(14-20-22-9-10-27-20)21(26)18-8-7-16-5-3-4-6-17(16)12-18/h3-6,9-11,18H,7-8,12-14H2,1-2H3. The maximum atomic E-state index is 13.4. The second-order valence-corrected chi connectivity index (χ2v) is 8.21. The van der Waals surface area contributed by atoms with Gasteiger partial charge in [-0.15, -0.1) is 11.3 Å². The normalized spacial score (nSPS) is 16.1. The van der Waals surface area contributed by atoms with E-state index in [1.807, 2.05) is 28.9 Å². The molecule has 2 heterocycles. The Morgan fingerprint density at radius 3 is 2.81 bits per heavy atom. The number of hydrogen-bond donors (Lipinski definition) is 0. The van der Waals surface area contributed by atoms with Crippen molar-refractivity contribution in [2.24, 2.45) is 13.0 Å². The largest absolute Gasteiger partial charge is 0.330 e. The fourth-order valence-electron chi connectivity index (χ4n) is 3.78. The zero-order valence-electron chi connectivity index (χ0n) is 15.8. The summed E-state index contributed by atoms with van der Waals surface area (Å²) in [5, 5.41) is 7.47. The molecule has 0 spiro atoms. The van der Waals surface area contributed by atoms with Gasteiger partial charge in [0.1, 0.15) is 5.01 Å². The summed E-state index contributed by atoms with van der Waals surface area (Å²) in [6.45, 7) is 3.10. The van der Waals surface area contributed by atoms with Crippen LogP contribution in [-0.4, -0.2) is 25.6 Å². The molecule has 3 aromatic rings. The minimum Gasteiger partial charge on any atom is -0.330 e. The minimum absolute atomic E-state index is 0.0321. The number of hydrogen-bond acceptors (Lipinski definition) is 4.